The van der Waals surface area contributed by atoms with Gasteiger partial charge in [0, 0.05) is 22.5 Å². The Labute approximate surface area is 143 Å². The van der Waals surface area contributed by atoms with Crippen molar-refractivity contribution in [2.24, 2.45) is 0 Å². The van der Waals surface area contributed by atoms with Crippen molar-refractivity contribution in [2.45, 2.75) is 0 Å². The summed E-state index contributed by atoms with van der Waals surface area (Å²) in [5.74, 6) is 0.397. The minimum Gasteiger partial charge on any atom is -0.508 e. The normalized spacial score (nSPS) is 10.2. The largest absolute Gasteiger partial charge is 0.508 e. The summed E-state index contributed by atoms with van der Waals surface area (Å²) in [5, 5.41) is 15.7. The number of phenols is 1. The van der Waals surface area contributed by atoms with Crippen LogP contribution in [-0.4, -0.2) is 16.0 Å². The minimum atomic E-state index is -0.278. The van der Waals surface area contributed by atoms with Crippen LogP contribution in [-0.2, 0) is 0 Å². The lowest BCUT2D eigenvalue weighted by atomic mass is 10.2. The lowest BCUT2D eigenvalue weighted by Crippen LogP contribution is -2.13. The van der Waals surface area contributed by atoms with Gasteiger partial charge in [-0.15, -0.1) is 0 Å². The maximum atomic E-state index is 12.4. The molecule has 1 aromatic heterocycles. The number of anilines is 3. The first kappa shape index (κ1) is 15.8. The average Bonchev–Trinajstić information content (AvgIpc) is 2.58. The highest BCUT2D eigenvalue weighted by molar-refractivity contribution is 6.31. The molecule has 120 valence electrons. The summed E-state index contributed by atoms with van der Waals surface area (Å²) in [6, 6.07) is 16.7. The van der Waals surface area contributed by atoms with Gasteiger partial charge in [-0.1, -0.05) is 17.7 Å². The van der Waals surface area contributed by atoms with Gasteiger partial charge in [0.1, 0.15) is 5.75 Å². The number of nitrogens with zero attached hydrogens (tertiary/aromatic N) is 1. The van der Waals surface area contributed by atoms with Gasteiger partial charge in [0.15, 0.2) is 5.82 Å². The van der Waals surface area contributed by atoms with Gasteiger partial charge < -0.3 is 15.7 Å². The number of pyridine rings is 1. The van der Waals surface area contributed by atoms with Gasteiger partial charge in [-0.25, -0.2) is 4.98 Å². The Bertz CT molecular complexity index is 866. The van der Waals surface area contributed by atoms with Crippen LogP contribution in [0.5, 0.6) is 5.75 Å². The van der Waals surface area contributed by atoms with Gasteiger partial charge in [-0.3, -0.25) is 4.79 Å². The molecule has 3 aromatic rings. The zero-order valence-electron chi connectivity index (χ0n) is 12.5. The molecule has 5 nitrogen and oxygen atoms in total. The molecule has 0 aliphatic carbocycles. The average molecular weight is 340 g/mol. The standard InChI is InChI=1S/C18H14ClN3O2/c19-13-4-1-3-12(11-13)18(24)22-16-5-2-10-20-17(16)21-14-6-8-15(23)9-7-14/h1-11,23H,(H,20,21)(H,22,24). The number of carbonyl (C=O) groups excluding carboxylic acids is 1. The van der Waals surface area contributed by atoms with Crippen molar-refractivity contribution in [3.63, 3.8) is 0 Å². The monoisotopic (exact) mass is 339 g/mol. The van der Waals surface area contributed by atoms with Gasteiger partial charge >= 0.3 is 0 Å². The Morgan fingerprint density at radius 2 is 1.83 bits per heavy atom. The summed E-state index contributed by atoms with van der Waals surface area (Å²) in [5.41, 5.74) is 1.74. The summed E-state index contributed by atoms with van der Waals surface area (Å²) in [6.45, 7) is 0. The summed E-state index contributed by atoms with van der Waals surface area (Å²) in [4.78, 5) is 16.6. The Hall–Kier alpha value is -3.05. The molecule has 2 aromatic carbocycles. The fraction of sp³-hybridized carbons (Fsp3) is 0. The second kappa shape index (κ2) is 7.02. The van der Waals surface area contributed by atoms with E-state index in [1.165, 1.54) is 0 Å². The van der Waals surface area contributed by atoms with E-state index >= 15 is 0 Å². The third kappa shape index (κ3) is 3.83. The number of aromatic nitrogens is 1. The highest BCUT2D eigenvalue weighted by Crippen LogP contribution is 2.24. The van der Waals surface area contributed by atoms with E-state index in [1.54, 1.807) is 66.9 Å². The lowest BCUT2D eigenvalue weighted by Gasteiger charge is -2.12. The molecule has 0 unspecified atom stereocenters. The molecular formula is C18H14ClN3O2. The maximum Gasteiger partial charge on any atom is 0.255 e. The smallest absolute Gasteiger partial charge is 0.255 e. The number of hydrogen-bond acceptors (Lipinski definition) is 4. The molecule has 0 bridgehead atoms. The number of halogens is 1. The molecule has 6 heteroatoms. The van der Waals surface area contributed by atoms with Crippen molar-refractivity contribution in [3.8, 4) is 5.75 Å². The molecule has 0 atom stereocenters. The molecule has 1 amide bonds. The molecule has 0 aliphatic rings. The van der Waals surface area contributed by atoms with Gasteiger partial charge in [0.25, 0.3) is 5.91 Å². The summed E-state index contributed by atoms with van der Waals surface area (Å²) in [7, 11) is 0. The molecule has 0 spiro atoms. The van der Waals surface area contributed by atoms with Gasteiger partial charge in [0.05, 0.1) is 5.69 Å². The maximum absolute atomic E-state index is 12.4. The fourth-order valence-electron chi connectivity index (χ4n) is 2.11. The Morgan fingerprint density at radius 3 is 2.58 bits per heavy atom. The van der Waals surface area contributed by atoms with Gasteiger partial charge in [-0.05, 0) is 54.6 Å². The highest BCUT2D eigenvalue weighted by Gasteiger charge is 2.10. The molecular weight excluding hydrogens is 326 g/mol. The number of aromatic hydroxyl groups is 1. The molecule has 0 fully saturated rings. The molecule has 1 heterocycles. The van der Waals surface area contributed by atoms with Crippen molar-refractivity contribution < 1.29 is 9.90 Å². The molecule has 0 aliphatic heterocycles. The molecule has 3 N–H and O–H groups in total. The number of nitrogens with one attached hydrogen (secondary N) is 2. The fourth-order valence-corrected chi connectivity index (χ4v) is 2.30. The van der Waals surface area contributed by atoms with Crippen molar-refractivity contribution in [1.82, 2.24) is 4.98 Å². The van der Waals surface area contributed by atoms with Gasteiger partial charge in [-0.2, -0.15) is 0 Å². The number of carbonyl (C=O) groups is 1. The second-order valence-corrected chi connectivity index (χ2v) is 5.47. The Kier molecular flexibility index (Phi) is 4.63. The number of benzene rings is 2. The topological polar surface area (TPSA) is 74.2 Å². The molecule has 3 rings (SSSR count). The molecule has 24 heavy (non-hydrogen) atoms. The van der Waals surface area contributed by atoms with Crippen LogP contribution < -0.4 is 10.6 Å². The predicted molar refractivity (Wildman–Crippen MR) is 95.0 cm³/mol. The quantitative estimate of drug-likeness (QED) is 0.614. The third-order valence-corrected chi connectivity index (χ3v) is 3.51. The van der Waals surface area contributed by atoms with E-state index in [0.29, 0.717) is 22.1 Å². The van der Waals surface area contributed by atoms with E-state index in [1.807, 2.05) is 0 Å². The number of hydrogen-bond donors (Lipinski definition) is 3. The van der Waals surface area contributed by atoms with Gasteiger partial charge in [0.2, 0.25) is 0 Å². The SMILES string of the molecule is O=C(Nc1cccnc1Nc1ccc(O)cc1)c1cccc(Cl)c1. The number of rotatable bonds is 4. The van der Waals surface area contributed by atoms with Crippen molar-refractivity contribution >= 4 is 34.7 Å². The second-order valence-electron chi connectivity index (χ2n) is 5.04. The summed E-state index contributed by atoms with van der Waals surface area (Å²) < 4.78 is 0. The first-order chi connectivity index (χ1) is 11.6. The van der Waals surface area contributed by atoms with Crippen LogP contribution in [0.4, 0.5) is 17.2 Å². The Balaban J connectivity index is 1.81. The highest BCUT2D eigenvalue weighted by atomic mass is 35.5. The van der Waals surface area contributed by atoms with E-state index < -0.39 is 0 Å². The summed E-state index contributed by atoms with van der Waals surface area (Å²) >= 11 is 5.92. The van der Waals surface area contributed by atoms with E-state index in [4.69, 9.17) is 11.6 Å². The van der Waals surface area contributed by atoms with Crippen LogP contribution in [0.1, 0.15) is 10.4 Å². The summed E-state index contributed by atoms with van der Waals surface area (Å²) in [6.07, 6.45) is 1.62. The first-order valence-corrected chi connectivity index (χ1v) is 7.57. The molecule has 0 radical (unpaired) electrons. The predicted octanol–water partition coefficient (Wildman–Crippen LogP) is 4.44. The van der Waals surface area contributed by atoms with E-state index in [9.17, 15) is 9.90 Å². The first-order valence-electron chi connectivity index (χ1n) is 7.20. The van der Waals surface area contributed by atoms with E-state index in [-0.39, 0.29) is 11.7 Å². The molecule has 0 saturated heterocycles. The van der Waals surface area contributed by atoms with Crippen LogP contribution in [0.15, 0.2) is 66.9 Å². The molecule has 0 saturated carbocycles. The lowest BCUT2D eigenvalue weighted by molar-refractivity contribution is 0.102. The number of amides is 1. The third-order valence-electron chi connectivity index (χ3n) is 3.27. The Morgan fingerprint density at radius 1 is 1.04 bits per heavy atom. The van der Waals surface area contributed by atoms with Crippen LogP contribution in [0.2, 0.25) is 5.02 Å². The van der Waals surface area contributed by atoms with Crippen LogP contribution >= 0.6 is 11.6 Å². The van der Waals surface area contributed by atoms with Crippen LogP contribution in [0.3, 0.4) is 0 Å². The van der Waals surface area contributed by atoms with Crippen molar-refractivity contribution in [3.05, 3.63) is 77.4 Å². The minimum absolute atomic E-state index is 0.177. The van der Waals surface area contributed by atoms with Crippen molar-refractivity contribution in [1.29, 1.82) is 0 Å². The van der Waals surface area contributed by atoms with Crippen LogP contribution in [0.25, 0.3) is 0 Å². The number of phenolic OH excluding ortho intramolecular Hbond substituents is 1. The van der Waals surface area contributed by atoms with E-state index in [0.717, 1.165) is 5.69 Å². The zero-order chi connectivity index (χ0) is 16.9. The van der Waals surface area contributed by atoms with Crippen molar-refractivity contribution in [2.75, 3.05) is 10.6 Å². The van der Waals surface area contributed by atoms with E-state index in [2.05, 4.69) is 15.6 Å². The van der Waals surface area contributed by atoms with Crippen LogP contribution in [0, 0.1) is 0 Å². The zero-order valence-corrected chi connectivity index (χ0v) is 13.3.